The SMILES string of the molecule is CN1C(=O)c2ccc(Oc3ccc4c(c3)C(=O)N(CCCCOCCCCOCN3C(=O)c5ccc(Oc6ccc7c(c6)C(=O)N(C)C7=O)cc5C3=O)C4=O)cc2C1=O. The summed E-state index contributed by atoms with van der Waals surface area (Å²) in [6.07, 6.45) is 2.44. The van der Waals surface area contributed by atoms with Crippen LogP contribution in [0.2, 0.25) is 0 Å². The van der Waals surface area contributed by atoms with Crippen LogP contribution in [0.25, 0.3) is 0 Å². The third kappa shape index (κ3) is 7.12. The fourth-order valence-corrected chi connectivity index (χ4v) is 7.21. The van der Waals surface area contributed by atoms with Gasteiger partial charge in [0.05, 0.1) is 44.5 Å². The van der Waals surface area contributed by atoms with Gasteiger partial charge in [-0.3, -0.25) is 53.1 Å². The van der Waals surface area contributed by atoms with Crippen molar-refractivity contribution in [3.63, 3.8) is 0 Å². The highest BCUT2D eigenvalue weighted by atomic mass is 16.5. The van der Waals surface area contributed by atoms with Gasteiger partial charge in [0.2, 0.25) is 0 Å². The largest absolute Gasteiger partial charge is 0.457 e. The van der Waals surface area contributed by atoms with Crippen LogP contribution >= 0.6 is 0 Å². The van der Waals surface area contributed by atoms with Crippen molar-refractivity contribution < 1.29 is 57.3 Å². The molecule has 4 aliphatic rings. The number of ether oxygens (including phenoxy) is 4. The molecule has 0 spiro atoms. The Labute approximate surface area is 336 Å². The number of imide groups is 4. The maximum atomic E-state index is 13.1. The van der Waals surface area contributed by atoms with E-state index in [-0.39, 0.29) is 76.4 Å². The first kappa shape index (κ1) is 38.8. The number of carbonyl (C=O) groups is 8. The molecule has 8 rings (SSSR count). The monoisotopic (exact) mass is 800 g/mol. The van der Waals surface area contributed by atoms with Crippen LogP contribution in [-0.4, -0.2) is 114 Å². The second-order valence-electron chi connectivity index (χ2n) is 14.2. The molecule has 0 bridgehead atoms. The van der Waals surface area contributed by atoms with Gasteiger partial charge in [0, 0.05) is 40.5 Å². The molecule has 4 aromatic rings. The predicted octanol–water partition coefficient (Wildman–Crippen LogP) is 5.17. The molecule has 4 heterocycles. The molecule has 8 amide bonds. The van der Waals surface area contributed by atoms with Crippen LogP contribution in [0.3, 0.4) is 0 Å². The lowest BCUT2D eigenvalue weighted by Crippen LogP contribution is -2.32. The van der Waals surface area contributed by atoms with Gasteiger partial charge in [-0.05, 0) is 98.5 Å². The summed E-state index contributed by atoms with van der Waals surface area (Å²) in [5, 5.41) is 0. The van der Waals surface area contributed by atoms with Crippen LogP contribution in [-0.2, 0) is 9.47 Å². The normalized spacial score (nSPS) is 15.5. The summed E-state index contributed by atoms with van der Waals surface area (Å²) in [6.45, 7) is 1.17. The molecule has 4 aromatic carbocycles. The first-order chi connectivity index (χ1) is 28.4. The van der Waals surface area contributed by atoms with E-state index < -0.39 is 35.4 Å². The Morgan fingerprint density at radius 1 is 0.373 bits per heavy atom. The fraction of sp³-hybridized carbons (Fsp3) is 0.256. The van der Waals surface area contributed by atoms with Crippen LogP contribution in [0, 0.1) is 0 Å². The van der Waals surface area contributed by atoms with Crippen LogP contribution < -0.4 is 9.47 Å². The molecule has 0 saturated carbocycles. The maximum absolute atomic E-state index is 13.1. The van der Waals surface area contributed by atoms with Crippen LogP contribution in [0.5, 0.6) is 23.0 Å². The number of nitrogens with zero attached hydrogens (tertiary/aromatic N) is 4. The Bertz CT molecular complexity index is 2340. The Kier molecular flexibility index (Phi) is 10.3. The topological polar surface area (TPSA) is 186 Å². The summed E-state index contributed by atoms with van der Waals surface area (Å²) < 4.78 is 23.1. The number of hydrogen-bond donors (Lipinski definition) is 0. The van der Waals surface area contributed by atoms with Crippen LogP contribution in [0.1, 0.15) is 109 Å². The van der Waals surface area contributed by atoms with E-state index in [1.54, 1.807) is 24.3 Å². The van der Waals surface area contributed by atoms with Crippen LogP contribution in [0.4, 0.5) is 0 Å². The molecule has 4 aliphatic heterocycles. The predicted molar refractivity (Wildman–Crippen MR) is 205 cm³/mol. The molecule has 0 saturated heterocycles. The van der Waals surface area contributed by atoms with Gasteiger partial charge in [0.15, 0.2) is 0 Å². The molecule has 59 heavy (non-hydrogen) atoms. The highest BCUT2D eigenvalue weighted by Gasteiger charge is 2.38. The summed E-state index contributed by atoms with van der Waals surface area (Å²) in [4.78, 5) is 105. The van der Waals surface area contributed by atoms with Crippen molar-refractivity contribution in [2.24, 2.45) is 0 Å². The van der Waals surface area contributed by atoms with E-state index in [0.717, 1.165) is 14.7 Å². The number of rotatable bonds is 16. The van der Waals surface area contributed by atoms with Crippen molar-refractivity contribution >= 4 is 47.3 Å². The first-order valence-electron chi connectivity index (χ1n) is 18.9. The highest BCUT2D eigenvalue weighted by Crippen LogP contribution is 2.34. The summed E-state index contributed by atoms with van der Waals surface area (Å²) in [5.41, 5.74) is 1.92. The lowest BCUT2D eigenvalue weighted by atomic mass is 10.1. The molecule has 16 heteroatoms. The summed E-state index contributed by atoms with van der Waals surface area (Å²) in [7, 11) is 2.81. The fourth-order valence-electron chi connectivity index (χ4n) is 7.21. The Morgan fingerprint density at radius 3 is 1.15 bits per heavy atom. The van der Waals surface area contributed by atoms with Gasteiger partial charge < -0.3 is 18.9 Å². The van der Waals surface area contributed by atoms with Crippen molar-refractivity contribution in [1.29, 1.82) is 0 Å². The van der Waals surface area contributed by atoms with E-state index in [0.29, 0.717) is 61.7 Å². The maximum Gasteiger partial charge on any atom is 0.263 e. The second-order valence-corrected chi connectivity index (χ2v) is 14.2. The van der Waals surface area contributed by atoms with Gasteiger partial charge in [-0.2, -0.15) is 0 Å². The molecule has 0 atom stereocenters. The number of amides is 8. The van der Waals surface area contributed by atoms with Gasteiger partial charge in [0.1, 0.15) is 29.7 Å². The molecule has 300 valence electrons. The molecule has 0 N–H and O–H groups in total. The van der Waals surface area contributed by atoms with E-state index in [1.807, 2.05) is 0 Å². The third-order valence-electron chi connectivity index (χ3n) is 10.4. The van der Waals surface area contributed by atoms with Gasteiger partial charge >= 0.3 is 0 Å². The van der Waals surface area contributed by atoms with Gasteiger partial charge in [-0.25, -0.2) is 4.90 Å². The zero-order valence-electron chi connectivity index (χ0n) is 32.0. The number of hydrogen-bond acceptors (Lipinski definition) is 12. The summed E-state index contributed by atoms with van der Waals surface area (Å²) in [6, 6.07) is 18.2. The van der Waals surface area contributed by atoms with Crippen molar-refractivity contribution in [3.05, 3.63) is 117 Å². The number of benzene rings is 4. The van der Waals surface area contributed by atoms with Gasteiger partial charge in [-0.15, -0.1) is 0 Å². The number of carbonyl (C=O) groups excluding carboxylic acids is 8. The standard InChI is InChI=1S/C43H36N4O12/c1-44-36(48)28-11-7-24(19-32(28)38(44)50)58-26-9-13-30-34(21-26)42(54)46(40(30)52)15-3-4-16-56-17-5-6-18-57-23-47-41(53)31-14-10-27(22-35(31)43(47)55)59-25-8-12-29-33(20-25)39(51)45(2)37(29)49/h7-14,19-22H,3-6,15-18,23H2,1-2H3. The number of fused-ring (bicyclic) bond motifs is 4. The molecule has 0 aromatic heterocycles. The van der Waals surface area contributed by atoms with Crippen molar-refractivity contribution in [2.75, 3.05) is 47.2 Å². The van der Waals surface area contributed by atoms with Crippen molar-refractivity contribution in [2.45, 2.75) is 25.7 Å². The first-order valence-corrected chi connectivity index (χ1v) is 18.9. The second kappa shape index (κ2) is 15.7. The number of unbranched alkanes of at least 4 members (excludes halogenated alkanes) is 2. The molecule has 0 aliphatic carbocycles. The van der Waals surface area contributed by atoms with E-state index in [9.17, 15) is 38.4 Å². The average Bonchev–Trinajstić information content (AvgIpc) is 3.79. The van der Waals surface area contributed by atoms with E-state index in [4.69, 9.17) is 18.9 Å². The molecule has 0 radical (unpaired) electrons. The third-order valence-corrected chi connectivity index (χ3v) is 10.4. The minimum absolute atomic E-state index is 0.166. The minimum atomic E-state index is -0.519. The van der Waals surface area contributed by atoms with E-state index >= 15 is 0 Å². The average molecular weight is 801 g/mol. The van der Waals surface area contributed by atoms with Crippen LogP contribution in [0.15, 0.2) is 72.8 Å². The lowest BCUT2D eigenvalue weighted by molar-refractivity contribution is 0.0230. The summed E-state index contributed by atoms with van der Waals surface area (Å²) in [5.74, 6) is -2.25. The Hall–Kier alpha value is -7.04. The molecular formula is C43H36N4O12. The smallest absolute Gasteiger partial charge is 0.263 e. The molecule has 0 fully saturated rings. The van der Waals surface area contributed by atoms with E-state index in [1.165, 1.54) is 67.5 Å². The van der Waals surface area contributed by atoms with Crippen molar-refractivity contribution in [3.8, 4) is 23.0 Å². The lowest BCUT2D eigenvalue weighted by Gasteiger charge is -2.14. The van der Waals surface area contributed by atoms with Gasteiger partial charge in [0.25, 0.3) is 47.3 Å². The Balaban J connectivity index is 0.716. The molecule has 0 unspecified atom stereocenters. The zero-order chi connectivity index (χ0) is 41.5. The van der Waals surface area contributed by atoms with Gasteiger partial charge in [-0.1, -0.05) is 0 Å². The minimum Gasteiger partial charge on any atom is -0.457 e. The van der Waals surface area contributed by atoms with Crippen molar-refractivity contribution in [1.82, 2.24) is 19.6 Å². The zero-order valence-corrected chi connectivity index (χ0v) is 32.0. The molecular weight excluding hydrogens is 764 g/mol. The highest BCUT2D eigenvalue weighted by molar-refractivity contribution is 6.23. The quantitative estimate of drug-likeness (QED) is 0.107. The molecule has 16 nitrogen and oxygen atoms in total. The Morgan fingerprint density at radius 2 is 0.695 bits per heavy atom. The summed E-state index contributed by atoms with van der Waals surface area (Å²) >= 11 is 0. The van der Waals surface area contributed by atoms with E-state index in [2.05, 4.69) is 0 Å².